The predicted molar refractivity (Wildman–Crippen MR) is 115 cm³/mol. The Morgan fingerprint density at radius 3 is 2.50 bits per heavy atom. The number of hydrogen-bond acceptors (Lipinski definition) is 4. The maximum Gasteiger partial charge on any atom is 0.330 e. The van der Waals surface area contributed by atoms with E-state index in [9.17, 15) is 9.59 Å². The summed E-state index contributed by atoms with van der Waals surface area (Å²) in [5.74, 6) is 0.208. The first-order valence-electron chi connectivity index (χ1n) is 9.02. The minimum atomic E-state index is -0.324. The zero-order valence-corrected chi connectivity index (χ0v) is 16.4. The van der Waals surface area contributed by atoms with Gasteiger partial charge in [0, 0.05) is 28.0 Å². The van der Waals surface area contributed by atoms with E-state index in [0.717, 1.165) is 21.4 Å². The maximum atomic E-state index is 12.5. The molecule has 28 heavy (non-hydrogen) atoms. The van der Waals surface area contributed by atoms with Gasteiger partial charge in [0.15, 0.2) is 0 Å². The third-order valence-corrected chi connectivity index (χ3v) is 4.98. The number of benzene rings is 3. The van der Waals surface area contributed by atoms with Crippen LogP contribution in [0.4, 0.5) is 5.69 Å². The van der Waals surface area contributed by atoms with Gasteiger partial charge < -0.3 is 10.1 Å². The molecule has 0 heterocycles. The van der Waals surface area contributed by atoms with Crippen molar-refractivity contribution >= 4 is 40.1 Å². The first kappa shape index (κ1) is 19.7. The predicted octanol–water partition coefficient (Wildman–Crippen LogP) is 5.30. The molecule has 0 saturated carbocycles. The molecule has 0 aromatic heterocycles. The molecule has 3 aromatic carbocycles. The van der Waals surface area contributed by atoms with Crippen molar-refractivity contribution < 1.29 is 14.3 Å². The molecule has 0 aliphatic rings. The summed E-state index contributed by atoms with van der Waals surface area (Å²) in [5, 5.41) is 5.07. The summed E-state index contributed by atoms with van der Waals surface area (Å²) in [6.45, 7) is 2.16. The topological polar surface area (TPSA) is 55.4 Å². The molecule has 0 aliphatic carbocycles. The van der Waals surface area contributed by atoms with Crippen LogP contribution in [0.2, 0.25) is 0 Å². The molecule has 3 rings (SSSR count). The number of amides is 1. The normalized spacial score (nSPS) is 10.9. The van der Waals surface area contributed by atoms with Crippen molar-refractivity contribution in [2.24, 2.45) is 0 Å². The number of carbonyl (C=O) groups excluding carboxylic acids is 2. The SMILES string of the molecule is CCOC(=O)/C=C/CSc1ccc(NC(=O)c2ccc3ccccc3c2)cc1. The lowest BCUT2D eigenvalue weighted by molar-refractivity contribution is -0.137. The molecular weight excluding hydrogens is 370 g/mol. The Balaban J connectivity index is 1.55. The van der Waals surface area contributed by atoms with Crippen molar-refractivity contribution in [2.45, 2.75) is 11.8 Å². The summed E-state index contributed by atoms with van der Waals surface area (Å²) in [4.78, 5) is 24.8. The fourth-order valence-corrected chi connectivity index (χ4v) is 3.36. The fourth-order valence-electron chi connectivity index (χ4n) is 2.65. The van der Waals surface area contributed by atoms with Gasteiger partial charge in [-0.15, -0.1) is 11.8 Å². The number of anilines is 1. The van der Waals surface area contributed by atoms with Gasteiger partial charge in [-0.1, -0.05) is 36.4 Å². The number of esters is 1. The Morgan fingerprint density at radius 1 is 1.00 bits per heavy atom. The van der Waals surface area contributed by atoms with Crippen LogP contribution in [-0.2, 0) is 9.53 Å². The second-order valence-corrected chi connectivity index (χ2v) is 7.10. The van der Waals surface area contributed by atoms with E-state index in [1.807, 2.05) is 66.7 Å². The average molecular weight is 391 g/mol. The van der Waals surface area contributed by atoms with Gasteiger partial charge in [0.1, 0.15) is 0 Å². The lowest BCUT2D eigenvalue weighted by Gasteiger charge is -2.07. The van der Waals surface area contributed by atoms with E-state index >= 15 is 0 Å². The molecular formula is C23H21NO3S. The van der Waals surface area contributed by atoms with Gasteiger partial charge in [-0.05, 0) is 54.1 Å². The zero-order chi connectivity index (χ0) is 19.8. The number of thioether (sulfide) groups is 1. The summed E-state index contributed by atoms with van der Waals surface area (Å²) < 4.78 is 4.83. The van der Waals surface area contributed by atoms with Gasteiger partial charge >= 0.3 is 5.97 Å². The molecule has 0 atom stereocenters. The molecule has 0 aliphatic heterocycles. The van der Waals surface area contributed by atoms with Crippen LogP contribution in [-0.4, -0.2) is 24.2 Å². The van der Waals surface area contributed by atoms with Crippen LogP contribution in [0.25, 0.3) is 10.8 Å². The van der Waals surface area contributed by atoms with Gasteiger partial charge in [0.25, 0.3) is 5.91 Å². The van der Waals surface area contributed by atoms with E-state index in [1.165, 1.54) is 6.08 Å². The molecule has 4 nitrogen and oxygen atoms in total. The van der Waals surface area contributed by atoms with Crippen LogP contribution in [0, 0.1) is 0 Å². The van der Waals surface area contributed by atoms with Crippen molar-refractivity contribution in [3.05, 3.63) is 84.4 Å². The number of ether oxygens (including phenoxy) is 1. The van der Waals surface area contributed by atoms with Crippen LogP contribution >= 0.6 is 11.8 Å². The summed E-state index contributed by atoms with van der Waals surface area (Å²) >= 11 is 1.60. The molecule has 0 radical (unpaired) electrons. The molecule has 0 unspecified atom stereocenters. The smallest absolute Gasteiger partial charge is 0.330 e. The van der Waals surface area contributed by atoms with Crippen molar-refractivity contribution in [3.63, 3.8) is 0 Å². The maximum absolute atomic E-state index is 12.5. The molecule has 1 N–H and O–H groups in total. The minimum Gasteiger partial charge on any atom is -0.463 e. The number of rotatable bonds is 7. The van der Waals surface area contributed by atoms with Gasteiger partial charge in [-0.25, -0.2) is 4.79 Å². The molecule has 1 amide bonds. The second-order valence-electron chi connectivity index (χ2n) is 6.01. The summed E-state index contributed by atoms with van der Waals surface area (Å²) in [6.07, 6.45) is 3.22. The molecule has 0 bridgehead atoms. The van der Waals surface area contributed by atoms with Gasteiger partial charge in [0.05, 0.1) is 6.61 Å². The average Bonchev–Trinajstić information content (AvgIpc) is 2.72. The van der Waals surface area contributed by atoms with Gasteiger partial charge in [-0.3, -0.25) is 4.79 Å². The molecule has 0 fully saturated rings. The van der Waals surface area contributed by atoms with E-state index in [4.69, 9.17) is 4.74 Å². The third kappa shape index (κ3) is 5.47. The highest BCUT2D eigenvalue weighted by atomic mass is 32.2. The summed E-state index contributed by atoms with van der Waals surface area (Å²) in [6, 6.07) is 21.3. The van der Waals surface area contributed by atoms with Crippen LogP contribution in [0.15, 0.2) is 83.8 Å². The first-order chi connectivity index (χ1) is 13.7. The number of fused-ring (bicyclic) bond motifs is 1. The van der Waals surface area contributed by atoms with E-state index in [1.54, 1.807) is 24.8 Å². The van der Waals surface area contributed by atoms with E-state index in [0.29, 0.717) is 17.9 Å². The van der Waals surface area contributed by atoms with Crippen molar-refractivity contribution in [3.8, 4) is 0 Å². The lowest BCUT2D eigenvalue weighted by Crippen LogP contribution is -2.11. The number of carbonyl (C=O) groups is 2. The van der Waals surface area contributed by atoms with Gasteiger partial charge in [-0.2, -0.15) is 0 Å². The standard InChI is InChI=1S/C23H21NO3S/c1-2-27-22(25)8-5-15-28-21-13-11-20(12-14-21)24-23(26)19-10-9-17-6-3-4-7-18(17)16-19/h3-14,16H,2,15H2,1H3,(H,24,26)/b8-5+. The quantitative estimate of drug-likeness (QED) is 0.337. The number of nitrogens with one attached hydrogen (secondary N) is 1. The Morgan fingerprint density at radius 2 is 1.75 bits per heavy atom. The Hall–Kier alpha value is -3.05. The summed E-state index contributed by atoms with van der Waals surface area (Å²) in [5.41, 5.74) is 1.37. The Kier molecular flexibility index (Phi) is 6.87. The van der Waals surface area contributed by atoms with Crippen molar-refractivity contribution in [2.75, 3.05) is 17.7 Å². The molecule has 3 aromatic rings. The molecule has 0 spiro atoms. The molecule has 5 heteroatoms. The van der Waals surface area contributed by atoms with Crippen molar-refractivity contribution in [1.29, 1.82) is 0 Å². The van der Waals surface area contributed by atoms with E-state index in [2.05, 4.69) is 5.32 Å². The third-order valence-electron chi connectivity index (χ3n) is 4.01. The number of hydrogen-bond donors (Lipinski definition) is 1. The monoisotopic (exact) mass is 391 g/mol. The Bertz CT molecular complexity index is 996. The first-order valence-corrected chi connectivity index (χ1v) is 10.0. The Labute approximate surface area is 168 Å². The fraction of sp³-hybridized carbons (Fsp3) is 0.130. The highest BCUT2D eigenvalue weighted by Crippen LogP contribution is 2.21. The summed E-state index contributed by atoms with van der Waals surface area (Å²) in [7, 11) is 0. The van der Waals surface area contributed by atoms with Crippen LogP contribution in [0.5, 0.6) is 0 Å². The second kappa shape index (κ2) is 9.76. The van der Waals surface area contributed by atoms with E-state index < -0.39 is 0 Å². The van der Waals surface area contributed by atoms with Crippen LogP contribution in [0.1, 0.15) is 17.3 Å². The lowest BCUT2D eigenvalue weighted by atomic mass is 10.1. The minimum absolute atomic E-state index is 0.136. The van der Waals surface area contributed by atoms with Crippen molar-refractivity contribution in [1.82, 2.24) is 0 Å². The van der Waals surface area contributed by atoms with Crippen LogP contribution in [0.3, 0.4) is 0 Å². The zero-order valence-electron chi connectivity index (χ0n) is 15.6. The largest absolute Gasteiger partial charge is 0.463 e. The van der Waals surface area contributed by atoms with Gasteiger partial charge in [0.2, 0.25) is 0 Å². The molecule has 0 saturated heterocycles. The molecule has 142 valence electrons. The highest BCUT2D eigenvalue weighted by molar-refractivity contribution is 7.99. The van der Waals surface area contributed by atoms with E-state index in [-0.39, 0.29) is 11.9 Å². The van der Waals surface area contributed by atoms with Crippen LogP contribution < -0.4 is 5.32 Å². The highest BCUT2D eigenvalue weighted by Gasteiger charge is 2.07.